The Morgan fingerprint density at radius 3 is 2.52 bits per heavy atom. The zero-order valence-corrected chi connectivity index (χ0v) is 13.9. The van der Waals surface area contributed by atoms with Crippen molar-refractivity contribution >= 4 is 35.9 Å². The van der Waals surface area contributed by atoms with Gasteiger partial charge in [0.1, 0.15) is 6.34 Å². The highest BCUT2D eigenvalue weighted by Crippen LogP contribution is 2.28. The van der Waals surface area contributed by atoms with Gasteiger partial charge in [-0.05, 0) is 29.5 Å². The fraction of sp³-hybridized carbons (Fsp3) is 0.467. The third kappa shape index (κ3) is 5.65. The molecule has 21 heavy (non-hydrogen) atoms. The van der Waals surface area contributed by atoms with E-state index in [1.54, 1.807) is 12.1 Å². The summed E-state index contributed by atoms with van der Waals surface area (Å²) in [6.45, 7) is 5.86. The Morgan fingerprint density at radius 1 is 1.33 bits per heavy atom. The number of halogens is 2. The van der Waals surface area contributed by atoms with Crippen LogP contribution < -0.4 is 5.73 Å². The van der Waals surface area contributed by atoms with Crippen LogP contribution in [0.5, 0.6) is 0 Å². The van der Waals surface area contributed by atoms with Crippen molar-refractivity contribution in [3.05, 3.63) is 33.8 Å². The highest BCUT2D eigenvalue weighted by molar-refractivity contribution is 6.35. The summed E-state index contributed by atoms with van der Waals surface area (Å²) in [5.74, 6) is 0. The Hall–Kier alpha value is -1.10. The normalized spacial score (nSPS) is 15.7. The molecule has 0 bridgehead atoms. The van der Waals surface area contributed by atoms with E-state index < -0.39 is 6.10 Å². The fourth-order valence-electron chi connectivity index (χ4n) is 1.90. The lowest BCUT2D eigenvalue weighted by Gasteiger charge is -2.31. The number of hydrogen-bond acceptors (Lipinski definition) is 2. The van der Waals surface area contributed by atoms with Gasteiger partial charge in [0.2, 0.25) is 0 Å². The first-order valence-electron chi connectivity index (χ1n) is 6.62. The van der Waals surface area contributed by atoms with Crippen molar-refractivity contribution < 1.29 is 5.11 Å². The number of rotatable bonds is 5. The molecule has 0 fully saturated rings. The molecule has 6 heteroatoms. The molecule has 1 rings (SSSR count). The molecule has 1 aromatic carbocycles. The molecule has 0 amide bonds. The Balaban J connectivity index is 3.01. The highest BCUT2D eigenvalue weighted by Gasteiger charge is 2.30. The van der Waals surface area contributed by atoms with Crippen molar-refractivity contribution in [2.24, 2.45) is 21.1 Å². The molecule has 0 radical (unpaired) electrons. The van der Waals surface area contributed by atoms with Crippen molar-refractivity contribution in [3.8, 4) is 0 Å². The standard InChI is InChI=1S/C15H21Cl2N3O/c1-15(2,3)14(21)13(20-9-19-8-18)6-10-4-5-11(16)7-12(10)17/h4-5,7-9,13-14,21H,6H2,1-3H3,(H2,18,19,20). The average molecular weight is 330 g/mol. The minimum Gasteiger partial charge on any atom is -0.390 e. The third-order valence-electron chi connectivity index (χ3n) is 3.11. The summed E-state index contributed by atoms with van der Waals surface area (Å²) in [5, 5.41) is 11.6. The summed E-state index contributed by atoms with van der Waals surface area (Å²) in [4.78, 5) is 8.04. The first-order valence-corrected chi connectivity index (χ1v) is 7.38. The van der Waals surface area contributed by atoms with Gasteiger partial charge >= 0.3 is 0 Å². The number of aliphatic imine (C=N–C) groups is 2. The second-order valence-electron chi connectivity index (χ2n) is 5.88. The van der Waals surface area contributed by atoms with Gasteiger partial charge in [-0.2, -0.15) is 0 Å². The molecule has 0 saturated carbocycles. The maximum atomic E-state index is 10.5. The summed E-state index contributed by atoms with van der Waals surface area (Å²) >= 11 is 12.1. The largest absolute Gasteiger partial charge is 0.390 e. The van der Waals surface area contributed by atoms with Gasteiger partial charge in [0.25, 0.3) is 0 Å². The van der Waals surface area contributed by atoms with Gasteiger partial charge in [-0.25, -0.2) is 4.99 Å². The monoisotopic (exact) mass is 329 g/mol. The van der Waals surface area contributed by atoms with Crippen LogP contribution in [0.2, 0.25) is 10.0 Å². The maximum absolute atomic E-state index is 10.5. The van der Waals surface area contributed by atoms with Crippen LogP contribution in [0, 0.1) is 5.41 Å². The van der Waals surface area contributed by atoms with Gasteiger partial charge in [-0.1, -0.05) is 50.0 Å². The van der Waals surface area contributed by atoms with Gasteiger partial charge in [0, 0.05) is 10.0 Å². The van der Waals surface area contributed by atoms with Gasteiger partial charge in [0.05, 0.1) is 18.5 Å². The van der Waals surface area contributed by atoms with Gasteiger partial charge in [0.15, 0.2) is 0 Å². The molecule has 4 nitrogen and oxygen atoms in total. The molecule has 0 heterocycles. The van der Waals surface area contributed by atoms with E-state index in [0.717, 1.165) is 11.9 Å². The quantitative estimate of drug-likeness (QED) is 0.642. The van der Waals surface area contributed by atoms with Crippen LogP contribution >= 0.6 is 23.2 Å². The Labute approximate surface area is 135 Å². The summed E-state index contributed by atoms with van der Waals surface area (Å²) in [6.07, 6.45) is 2.35. The van der Waals surface area contributed by atoms with E-state index in [9.17, 15) is 5.11 Å². The molecule has 0 aromatic heterocycles. The first kappa shape index (κ1) is 18.0. The molecule has 116 valence electrons. The molecule has 0 aliphatic heterocycles. The van der Waals surface area contributed by atoms with Crippen LogP contribution in [0.3, 0.4) is 0 Å². The predicted molar refractivity (Wildman–Crippen MR) is 90.6 cm³/mol. The summed E-state index contributed by atoms with van der Waals surface area (Å²) in [7, 11) is 0. The van der Waals surface area contributed by atoms with Crippen LogP contribution in [-0.2, 0) is 6.42 Å². The number of aliphatic hydroxyl groups excluding tert-OH is 1. The molecule has 0 saturated heterocycles. The minimum atomic E-state index is -0.645. The number of hydrogen-bond donors (Lipinski definition) is 2. The first-order chi connectivity index (χ1) is 9.75. The Kier molecular flexibility index (Phi) is 6.65. The van der Waals surface area contributed by atoms with Crippen molar-refractivity contribution in [2.75, 3.05) is 0 Å². The lowest BCUT2D eigenvalue weighted by atomic mass is 9.83. The SMILES string of the molecule is CC(C)(C)C(O)C(Cc1ccc(Cl)cc1Cl)N=CN=CN. The van der Waals surface area contributed by atoms with E-state index in [1.807, 2.05) is 26.8 Å². The zero-order valence-electron chi connectivity index (χ0n) is 12.4. The van der Waals surface area contributed by atoms with E-state index in [2.05, 4.69) is 9.98 Å². The molecular formula is C15H21Cl2N3O. The second-order valence-corrected chi connectivity index (χ2v) is 6.72. The van der Waals surface area contributed by atoms with E-state index in [1.165, 1.54) is 6.34 Å². The molecule has 3 N–H and O–H groups in total. The van der Waals surface area contributed by atoms with E-state index in [0.29, 0.717) is 16.5 Å². The third-order valence-corrected chi connectivity index (χ3v) is 3.69. The lowest BCUT2D eigenvalue weighted by Crippen LogP contribution is -2.38. The topological polar surface area (TPSA) is 71.0 Å². The van der Waals surface area contributed by atoms with Crippen molar-refractivity contribution in [3.63, 3.8) is 0 Å². The number of benzene rings is 1. The van der Waals surface area contributed by atoms with Crippen LogP contribution in [0.4, 0.5) is 0 Å². The predicted octanol–water partition coefficient (Wildman–Crippen LogP) is 3.33. The highest BCUT2D eigenvalue weighted by atomic mass is 35.5. The summed E-state index contributed by atoms with van der Waals surface area (Å²) < 4.78 is 0. The molecule has 0 aliphatic rings. The van der Waals surface area contributed by atoms with Crippen LogP contribution in [-0.4, -0.2) is 29.9 Å². The van der Waals surface area contributed by atoms with Crippen LogP contribution in [0.15, 0.2) is 28.2 Å². The molecular weight excluding hydrogens is 309 g/mol. The maximum Gasteiger partial charge on any atom is 0.112 e. The average Bonchev–Trinajstić information content (AvgIpc) is 2.38. The summed E-state index contributed by atoms with van der Waals surface area (Å²) in [6, 6.07) is 4.92. The fourth-order valence-corrected chi connectivity index (χ4v) is 2.38. The minimum absolute atomic E-state index is 0.312. The smallest absolute Gasteiger partial charge is 0.112 e. The molecule has 0 spiro atoms. The lowest BCUT2D eigenvalue weighted by molar-refractivity contribution is 0.0414. The van der Waals surface area contributed by atoms with Crippen LogP contribution in [0.1, 0.15) is 26.3 Å². The van der Waals surface area contributed by atoms with Crippen LogP contribution in [0.25, 0.3) is 0 Å². The van der Waals surface area contributed by atoms with Gasteiger partial charge in [-0.3, -0.25) is 4.99 Å². The van der Waals surface area contributed by atoms with Crippen molar-refractivity contribution in [2.45, 2.75) is 39.3 Å². The molecule has 2 unspecified atom stereocenters. The van der Waals surface area contributed by atoms with E-state index in [4.69, 9.17) is 28.9 Å². The molecule has 1 aromatic rings. The Morgan fingerprint density at radius 2 is 2.00 bits per heavy atom. The van der Waals surface area contributed by atoms with E-state index in [-0.39, 0.29) is 11.5 Å². The van der Waals surface area contributed by atoms with E-state index >= 15 is 0 Å². The Bertz CT molecular complexity index is 524. The second kappa shape index (κ2) is 7.78. The summed E-state index contributed by atoms with van der Waals surface area (Å²) in [5.41, 5.74) is 5.75. The molecule has 2 atom stereocenters. The number of nitrogens with zero attached hydrogens (tertiary/aromatic N) is 2. The number of nitrogens with two attached hydrogens (primary N) is 1. The van der Waals surface area contributed by atoms with Gasteiger partial charge < -0.3 is 10.8 Å². The molecule has 0 aliphatic carbocycles. The zero-order chi connectivity index (χ0) is 16.0. The van der Waals surface area contributed by atoms with Crippen molar-refractivity contribution in [1.82, 2.24) is 0 Å². The van der Waals surface area contributed by atoms with Crippen molar-refractivity contribution in [1.29, 1.82) is 0 Å². The number of aliphatic hydroxyl groups is 1. The van der Waals surface area contributed by atoms with Gasteiger partial charge in [-0.15, -0.1) is 0 Å².